The Labute approximate surface area is 184 Å². The Morgan fingerprint density at radius 1 is 0.967 bits per heavy atom. The van der Waals surface area contributed by atoms with Crippen molar-refractivity contribution in [2.75, 3.05) is 16.6 Å². The molecule has 0 aliphatic heterocycles. The molecule has 0 aliphatic carbocycles. The van der Waals surface area contributed by atoms with Gasteiger partial charge in [-0.15, -0.1) is 0 Å². The average molecular weight is 465 g/mol. The quantitative estimate of drug-likeness (QED) is 0.486. The van der Waals surface area contributed by atoms with Gasteiger partial charge in [0.05, 0.1) is 22.9 Å². The second-order valence-electron chi connectivity index (χ2n) is 6.17. The maximum Gasteiger partial charge on any atom is 0.261 e. The molecule has 1 amide bonds. The number of carbonyl (C=O) groups excluding carboxylic acids is 1. The van der Waals surface area contributed by atoms with E-state index in [2.05, 4.69) is 10.0 Å². The van der Waals surface area contributed by atoms with Gasteiger partial charge in [0.1, 0.15) is 5.75 Å². The first-order valence-electron chi connectivity index (χ1n) is 8.90. The van der Waals surface area contributed by atoms with Crippen LogP contribution in [0.5, 0.6) is 5.75 Å². The normalized spacial score (nSPS) is 11.0. The first-order chi connectivity index (χ1) is 14.3. The topological polar surface area (TPSA) is 84.5 Å². The Morgan fingerprint density at radius 2 is 1.67 bits per heavy atom. The summed E-state index contributed by atoms with van der Waals surface area (Å²) in [5.74, 6) is -0.106. The van der Waals surface area contributed by atoms with Crippen LogP contribution in [-0.4, -0.2) is 20.9 Å². The highest BCUT2D eigenvalue weighted by molar-refractivity contribution is 7.92. The monoisotopic (exact) mass is 464 g/mol. The number of benzene rings is 3. The number of sulfonamides is 1. The van der Waals surface area contributed by atoms with E-state index in [0.717, 1.165) is 0 Å². The van der Waals surface area contributed by atoms with Crippen LogP contribution in [0, 0.1) is 0 Å². The molecule has 9 heteroatoms. The molecule has 0 spiro atoms. The molecule has 6 nitrogen and oxygen atoms in total. The van der Waals surface area contributed by atoms with E-state index in [9.17, 15) is 13.2 Å². The minimum absolute atomic E-state index is 0.0488. The van der Waals surface area contributed by atoms with Crippen molar-refractivity contribution >= 4 is 50.5 Å². The fourth-order valence-corrected chi connectivity index (χ4v) is 4.10. The first kappa shape index (κ1) is 22.0. The van der Waals surface area contributed by atoms with Crippen LogP contribution in [0.15, 0.2) is 71.6 Å². The number of hydrogen-bond donors (Lipinski definition) is 2. The molecule has 0 fully saturated rings. The van der Waals surface area contributed by atoms with Crippen molar-refractivity contribution in [2.45, 2.75) is 11.8 Å². The molecule has 0 unspecified atom stereocenters. The van der Waals surface area contributed by atoms with Gasteiger partial charge in [-0.05, 0) is 61.5 Å². The van der Waals surface area contributed by atoms with Gasteiger partial charge in [0.25, 0.3) is 15.9 Å². The van der Waals surface area contributed by atoms with Gasteiger partial charge in [-0.25, -0.2) is 8.42 Å². The van der Waals surface area contributed by atoms with Crippen LogP contribution in [0.3, 0.4) is 0 Å². The molecule has 3 aromatic carbocycles. The minimum atomic E-state index is -3.93. The van der Waals surface area contributed by atoms with Crippen molar-refractivity contribution in [1.82, 2.24) is 0 Å². The molecule has 156 valence electrons. The van der Waals surface area contributed by atoms with Crippen molar-refractivity contribution < 1.29 is 17.9 Å². The number of anilines is 2. The lowest BCUT2D eigenvalue weighted by Gasteiger charge is -2.14. The van der Waals surface area contributed by atoms with Crippen LogP contribution in [0.25, 0.3) is 0 Å². The van der Waals surface area contributed by atoms with E-state index in [0.29, 0.717) is 33.7 Å². The molecule has 0 saturated heterocycles. The smallest absolute Gasteiger partial charge is 0.261 e. The van der Waals surface area contributed by atoms with Gasteiger partial charge in [-0.1, -0.05) is 35.3 Å². The molecule has 0 radical (unpaired) electrons. The van der Waals surface area contributed by atoms with E-state index in [1.54, 1.807) is 43.3 Å². The molecule has 0 aliphatic rings. The van der Waals surface area contributed by atoms with Crippen molar-refractivity contribution in [3.05, 3.63) is 82.3 Å². The lowest BCUT2D eigenvalue weighted by molar-refractivity contribution is 0.102. The Kier molecular flexibility index (Phi) is 6.87. The van der Waals surface area contributed by atoms with Crippen molar-refractivity contribution in [3.8, 4) is 5.75 Å². The molecule has 0 bridgehead atoms. The molecular formula is C21H18Cl2N2O4S. The van der Waals surface area contributed by atoms with Gasteiger partial charge in [0.2, 0.25) is 0 Å². The predicted molar refractivity (Wildman–Crippen MR) is 119 cm³/mol. The summed E-state index contributed by atoms with van der Waals surface area (Å²) in [6, 6.07) is 17.0. The van der Waals surface area contributed by atoms with Crippen LogP contribution in [0.4, 0.5) is 11.4 Å². The molecule has 2 N–H and O–H groups in total. The summed E-state index contributed by atoms with van der Waals surface area (Å²) in [5.41, 5.74) is 0.868. The Bertz CT molecular complexity index is 1180. The first-order valence-corrected chi connectivity index (χ1v) is 11.1. The summed E-state index contributed by atoms with van der Waals surface area (Å²) in [7, 11) is -3.93. The van der Waals surface area contributed by atoms with E-state index in [-0.39, 0.29) is 10.6 Å². The average Bonchev–Trinajstić information content (AvgIpc) is 2.69. The van der Waals surface area contributed by atoms with Gasteiger partial charge in [0.15, 0.2) is 0 Å². The number of rotatable bonds is 7. The van der Waals surface area contributed by atoms with Gasteiger partial charge >= 0.3 is 0 Å². The highest BCUT2D eigenvalue weighted by atomic mass is 35.5. The molecule has 0 atom stereocenters. The summed E-state index contributed by atoms with van der Waals surface area (Å²) in [5, 5.41) is 3.50. The van der Waals surface area contributed by atoms with Crippen LogP contribution in [-0.2, 0) is 10.0 Å². The van der Waals surface area contributed by atoms with Crippen molar-refractivity contribution in [2.24, 2.45) is 0 Å². The maximum atomic E-state index is 12.8. The van der Waals surface area contributed by atoms with Crippen LogP contribution >= 0.6 is 23.2 Å². The summed E-state index contributed by atoms with van der Waals surface area (Å²) in [4.78, 5) is 12.6. The number of nitrogens with one attached hydrogen (secondary N) is 2. The van der Waals surface area contributed by atoms with Gasteiger partial charge < -0.3 is 10.1 Å². The molecule has 0 saturated carbocycles. The maximum absolute atomic E-state index is 12.8. The van der Waals surface area contributed by atoms with E-state index < -0.39 is 15.9 Å². The second kappa shape index (κ2) is 9.38. The van der Waals surface area contributed by atoms with Crippen LogP contribution in [0.2, 0.25) is 10.0 Å². The number of amides is 1. The fraction of sp³-hybridized carbons (Fsp3) is 0.0952. The molecule has 0 heterocycles. The van der Waals surface area contributed by atoms with E-state index >= 15 is 0 Å². The van der Waals surface area contributed by atoms with Crippen molar-refractivity contribution in [3.63, 3.8) is 0 Å². The zero-order chi connectivity index (χ0) is 21.7. The largest absolute Gasteiger partial charge is 0.492 e. The second-order valence-corrected chi connectivity index (χ2v) is 8.73. The third kappa shape index (κ3) is 5.44. The number of hydrogen-bond acceptors (Lipinski definition) is 4. The van der Waals surface area contributed by atoms with Gasteiger partial charge in [0, 0.05) is 15.6 Å². The third-order valence-electron chi connectivity index (χ3n) is 3.97. The van der Waals surface area contributed by atoms with Gasteiger partial charge in [-0.2, -0.15) is 0 Å². The molecule has 3 aromatic rings. The Morgan fingerprint density at radius 3 is 2.33 bits per heavy atom. The van der Waals surface area contributed by atoms with Gasteiger partial charge in [-0.3, -0.25) is 9.52 Å². The summed E-state index contributed by atoms with van der Waals surface area (Å²) in [6.07, 6.45) is 0. The number of halogens is 2. The Balaban J connectivity index is 1.92. The lowest BCUT2D eigenvalue weighted by Crippen LogP contribution is -2.16. The third-order valence-corrected chi connectivity index (χ3v) is 5.82. The summed E-state index contributed by atoms with van der Waals surface area (Å²) in [6.45, 7) is 2.13. The fourth-order valence-electron chi connectivity index (χ4n) is 2.65. The zero-order valence-electron chi connectivity index (χ0n) is 15.9. The lowest BCUT2D eigenvalue weighted by atomic mass is 10.2. The summed E-state index contributed by atoms with van der Waals surface area (Å²) < 4.78 is 33.6. The Hall–Kier alpha value is -2.74. The molecule has 30 heavy (non-hydrogen) atoms. The minimum Gasteiger partial charge on any atom is -0.492 e. The van der Waals surface area contributed by atoms with Crippen LogP contribution in [0.1, 0.15) is 17.3 Å². The molecular weight excluding hydrogens is 447 g/mol. The van der Waals surface area contributed by atoms with E-state index in [1.165, 1.54) is 30.3 Å². The standard InChI is InChI=1S/C21H18Cl2N2O4S/c1-2-29-20-10-9-18(30(27,28)25-17-8-4-7-16(23)12-17)13-19(20)24-21(26)14-5-3-6-15(22)11-14/h3-13,25H,2H2,1H3,(H,24,26). The number of ether oxygens (including phenoxy) is 1. The van der Waals surface area contributed by atoms with E-state index in [4.69, 9.17) is 27.9 Å². The highest BCUT2D eigenvalue weighted by Crippen LogP contribution is 2.30. The highest BCUT2D eigenvalue weighted by Gasteiger charge is 2.19. The summed E-state index contributed by atoms with van der Waals surface area (Å²) >= 11 is 11.9. The van der Waals surface area contributed by atoms with Crippen LogP contribution < -0.4 is 14.8 Å². The molecule has 3 rings (SSSR count). The zero-order valence-corrected chi connectivity index (χ0v) is 18.2. The predicted octanol–water partition coefficient (Wildman–Crippen LogP) is 5.45. The van der Waals surface area contributed by atoms with E-state index in [1.807, 2.05) is 0 Å². The number of carbonyl (C=O) groups is 1. The SMILES string of the molecule is CCOc1ccc(S(=O)(=O)Nc2cccc(Cl)c2)cc1NC(=O)c1cccc(Cl)c1. The molecule has 0 aromatic heterocycles. The van der Waals surface area contributed by atoms with Crippen molar-refractivity contribution in [1.29, 1.82) is 0 Å².